The number of hydrogen-bond donors (Lipinski definition) is 1. The molecular weight excluding hydrogens is 215 g/mol. The molecule has 0 aliphatic heterocycles. The molecule has 0 amide bonds. The Balaban J connectivity index is 1.97. The molecule has 1 aromatic carbocycles. The fourth-order valence-electron chi connectivity index (χ4n) is 1.61. The van der Waals surface area contributed by atoms with Gasteiger partial charge in [-0.2, -0.15) is 4.39 Å². The van der Waals surface area contributed by atoms with Gasteiger partial charge in [0.2, 0.25) is 5.95 Å². The van der Waals surface area contributed by atoms with Gasteiger partial charge in [0.05, 0.1) is 0 Å². The van der Waals surface area contributed by atoms with Gasteiger partial charge in [0.25, 0.3) is 0 Å². The molecule has 0 aliphatic rings. The van der Waals surface area contributed by atoms with Gasteiger partial charge in [0.15, 0.2) is 0 Å². The molecule has 0 aliphatic carbocycles. The highest BCUT2D eigenvalue weighted by Gasteiger charge is 1.96. The summed E-state index contributed by atoms with van der Waals surface area (Å²) in [6, 6.07) is 11.5. The maximum absolute atomic E-state index is 12.8. The highest BCUT2D eigenvalue weighted by molar-refractivity contribution is 5.42. The lowest BCUT2D eigenvalue weighted by atomic mass is 10.1. The van der Waals surface area contributed by atoms with E-state index >= 15 is 0 Å². The van der Waals surface area contributed by atoms with Gasteiger partial charge in [-0.3, -0.25) is 0 Å². The Kier molecular flexibility index (Phi) is 3.70. The Bertz CT molecular complexity index is 480. The molecule has 17 heavy (non-hydrogen) atoms. The van der Waals surface area contributed by atoms with Crippen molar-refractivity contribution in [2.75, 3.05) is 5.32 Å². The number of aryl methyl sites for hydroxylation is 1. The molecule has 0 radical (unpaired) electrons. The van der Waals surface area contributed by atoms with Crippen LogP contribution in [-0.4, -0.2) is 4.98 Å². The second-order valence-electron chi connectivity index (χ2n) is 3.89. The SMILES string of the molecule is CCc1ccc(CNc2ccnc(F)c2)cc1. The lowest BCUT2D eigenvalue weighted by Crippen LogP contribution is -2.00. The van der Waals surface area contributed by atoms with E-state index in [9.17, 15) is 4.39 Å². The van der Waals surface area contributed by atoms with Crippen molar-refractivity contribution in [2.24, 2.45) is 0 Å². The fraction of sp³-hybridized carbons (Fsp3) is 0.214. The highest BCUT2D eigenvalue weighted by atomic mass is 19.1. The summed E-state index contributed by atoms with van der Waals surface area (Å²) in [5.74, 6) is -0.462. The number of anilines is 1. The van der Waals surface area contributed by atoms with Crippen molar-refractivity contribution < 1.29 is 4.39 Å². The maximum Gasteiger partial charge on any atom is 0.214 e. The molecule has 1 N–H and O–H groups in total. The lowest BCUT2D eigenvalue weighted by Gasteiger charge is -2.06. The number of halogens is 1. The Morgan fingerprint density at radius 3 is 2.47 bits per heavy atom. The van der Waals surface area contributed by atoms with Gasteiger partial charge in [-0.15, -0.1) is 0 Å². The summed E-state index contributed by atoms with van der Waals surface area (Å²) in [7, 11) is 0. The molecule has 0 saturated heterocycles. The summed E-state index contributed by atoms with van der Waals surface area (Å²) in [5, 5.41) is 3.16. The van der Waals surface area contributed by atoms with Crippen LogP contribution in [0.25, 0.3) is 0 Å². The minimum Gasteiger partial charge on any atom is -0.381 e. The molecule has 0 fully saturated rings. The van der Waals surface area contributed by atoms with Crippen LogP contribution in [0.1, 0.15) is 18.1 Å². The van der Waals surface area contributed by atoms with Gasteiger partial charge in [-0.25, -0.2) is 4.98 Å². The number of nitrogens with zero attached hydrogens (tertiary/aromatic N) is 1. The zero-order chi connectivity index (χ0) is 12.1. The highest BCUT2D eigenvalue weighted by Crippen LogP contribution is 2.10. The Morgan fingerprint density at radius 2 is 1.82 bits per heavy atom. The van der Waals surface area contributed by atoms with E-state index in [0.717, 1.165) is 12.1 Å². The topological polar surface area (TPSA) is 24.9 Å². The van der Waals surface area contributed by atoms with Gasteiger partial charge >= 0.3 is 0 Å². The molecule has 3 heteroatoms. The monoisotopic (exact) mass is 230 g/mol. The summed E-state index contributed by atoms with van der Waals surface area (Å²) in [5.41, 5.74) is 3.25. The van der Waals surface area contributed by atoms with Crippen LogP contribution >= 0.6 is 0 Å². The van der Waals surface area contributed by atoms with Crippen LogP contribution in [0, 0.1) is 5.95 Å². The predicted octanol–water partition coefficient (Wildman–Crippen LogP) is 3.40. The molecule has 1 heterocycles. The summed E-state index contributed by atoms with van der Waals surface area (Å²) in [6.07, 6.45) is 2.50. The average Bonchev–Trinajstić information content (AvgIpc) is 2.37. The van der Waals surface area contributed by atoms with E-state index < -0.39 is 5.95 Å². The Morgan fingerprint density at radius 1 is 1.12 bits per heavy atom. The molecule has 0 unspecified atom stereocenters. The standard InChI is InChI=1S/C14H15FN2/c1-2-11-3-5-12(6-4-11)10-17-13-7-8-16-14(15)9-13/h3-9H,2,10H2,1H3,(H,16,17). The zero-order valence-corrected chi connectivity index (χ0v) is 9.78. The molecule has 0 atom stereocenters. The number of pyridine rings is 1. The largest absolute Gasteiger partial charge is 0.381 e. The van der Waals surface area contributed by atoms with Crippen LogP contribution in [0.2, 0.25) is 0 Å². The Hall–Kier alpha value is -1.90. The first-order valence-electron chi connectivity index (χ1n) is 5.71. The molecule has 0 spiro atoms. The summed E-state index contributed by atoms with van der Waals surface area (Å²) in [4.78, 5) is 3.51. The quantitative estimate of drug-likeness (QED) is 0.814. The van der Waals surface area contributed by atoms with Gasteiger partial charge in [0.1, 0.15) is 0 Å². The molecular formula is C14H15FN2. The third-order valence-corrected chi connectivity index (χ3v) is 2.65. The lowest BCUT2D eigenvalue weighted by molar-refractivity contribution is 0.584. The maximum atomic E-state index is 12.8. The van der Waals surface area contributed by atoms with Crippen molar-refractivity contribution in [3.8, 4) is 0 Å². The molecule has 0 saturated carbocycles. The van der Waals surface area contributed by atoms with E-state index in [4.69, 9.17) is 0 Å². The van der Waals surface area contributed by atoms with Gasteiger partial charge in [0, 0.05) is 24.5 Å². The van der Waals surface area contributed by atoms with Crippen molar-refractivity contribution in [2.45, 2.75) is 19.9 Å². The normalized spacial score (nSPS) is 10.2. The van der Waals surface area contributed by atoms with Crippen LogP contribution in [0.5, 0.6) is 0 Å². The molecule has 88 valence electrons. The number of nitrogens with one attached hydrogen (secondary N) is 1. The van der Waals surface area contributed by atoms with E-state index in [2.05, 4.69) is 41.5 Å². The first kappa shape index (κ1) is 11.6. The second kappa shape index (κ2) is 5.43. The van der Waals surface area contributed by atoms with Gasteiger partial charge < -0.3 is 5.32 Å². The fourth-order valence-corrected chi connectivity index (χ4v) is 1.61. The van der Waals surface area contributed by atoms with E-state index in [1.165, 1.54) is 23.4 Å². The Labute approximate surface area is 101 Å². The summed E-state index contributed by atoms with van der Waals surface area (Å²) < 4.78 is 12.8. The number of aromatic nitrogens is 1. The van der Waals surface area contributed by atoms with E-state index in [-0.39, 0.29) is 0 Å². The third-order valence-electron chi connectivity index (χ3n) is 2.65. The summed E-state index contributed by atoms with van der Waals surface area (Å²) in [6.45, 7) is 2.82. The minimum absolute atomic E-state index is 0.462. The average molecular weight is 230 g/mol. The predicted molar refractivity (Wildman–Crippen MR) is 67.3 cm³/mol. The van der Waals surface area contributed by atoms with Crippen molar-refractivity contribution >= 4 is 5.69 Å². The van der Waals surface area contributed by atoms with Crippen molar-refractivity contribution in [1.29, 1.82) is 0 Å². The number of rotatable bonds is 4. The molecule has 2 aromatic rings. The van der Waals surface area contributed by atoms with Crippen LogP contribution in [-0.2, 0) is 13.0 Å². The number of hydrogen-bond acceptors (Lipinski definition) is 2. The third kappa shape index (κ3) is 3.28. The molecule has 1 aromatic heterocycles. The van der Waals surface area contributed by atoms with E-state index in [1.54, 1.807) is 6.07 Å². The van der Waals surface area contributed by atoms with E-state index in [1.807, 2.05) is 0 Å². The zero-order valence-electron chi connectivity index (χ0n) is 9.78. The van der Waals surface area contributed by atoms with E-state index in [0.29, 0.717) is 6.54 Å². The van der Waals surface area contributed by atoms with Crippen molar-refractivity contribution in [3.63, 3.8) is 0 Å². The van der Waals surface area contributed by atoms with Gasteiger partial charge in [-0.05, 0) is 23.6 Å². The minimum atomic E-state index is -0.462. The van der Waals surface area contributed by atoms with Crippen LogP contribution in [0.3, 0.4) is 0 Å². The van der Waals surface area contributed by atoms with Gasteiger partial charge in [-0.1, -0.05) is 31.2 Å². The van der Waals surface area contributed by atoms with Crippen molar-refractivity contribution in [3.05, 3.63) is 59.7 Å². The second-order valence-corrected chi connectivity index (χ2v) is 3.89. The molecule has 2 rings (SSSR count). The smallest absolute Gasteiger partial charge is 0.214 e. The van der Waals surface area contributed by atoms with Crippen LogP contribution in [0.15, 0.2) is 42.6 Å². The molecule has 0 bridgehead atoms. The summed E-state index contributed by atoms with van der Waals surface area (Å²) >= 11 is 0. The molecule has 2 nitrogen and oxygen atoms in total. The van der Waals surface area contributed by atoms with Crippen LogP contribution in [0.4, 0.5) is 10.1 Å². The first-order valence-corrected chi connectivity index (χ1v) is 5.71. The van der Waals surface area contributed by atoms with Crippen LogP contribution < -0.4 is 5.32 Å². The van der Waals surface area contributed by atoms with Crippen molar-refractivity contribution in [1.82, 2.24) is 4.98 Å². The first-order chi connectivity index (χ1) is 8.28. The number of benzene rings is 1.